The molecular weight excluding hydrogens is 229 g/mol. The first-order valence-corrected chi connectivity index (χ1v) is 6.75. The van der Waals surface area contributed by atoms with E-state index >= 15 is 0 Å². The second-order valence-electron chi connectivity index (χ2n) is 5.17. The van der Waals surface area contributed by atoms with E-state index in [1.807, 2.05) is 0 Å². The van der Waals surface area contributed by atoms with Gasteiger partial charge in [-0.25, -0.2) is 4.39 Å². The predicted octanol–water partition coefficient (Wildman–Crippen LogP) is 3.95. The molecule has 0 heterocycles. The third-order valence-corrected chi connectivity index (χ3v) is 3.86. The Hall–Kier alpha value is -1.38. The van der Waals surface area contributed by atoms with Crippen LogP contribution < -0.4 is 5.73 Å². The van der Waals surface area contributed by atoms with Crippen molar-refractivity contribution in [2.24, 2.45) is 5.92 Å². The summed E-state index contributed by atoms with van der Waals surface area (Å²) >= 11 is 0. The van der Waals surface area contributed by atoms with Gasteiger partial charge < -0.3 is 5.73 Å². The van der Waals surface area contributed by atoms with Gasteiger partial charge in [0.2, 0.25) is 0 Å². The van der Waals surface area contributed by atoms with Crippen LogP contribution >= 0.6 is 0 Å². The number of nitrogen functional groups attached to an aromatic ring is 1. The van der Waals surface area contributed by atoms with Gasteiger partial charge in [-0.3, -0.25) is 4.79 Å². The van der Waals surface area contributed by atoms with Gasteiger partial charge in [0.1, 0.15) is 5.82 Å². The number of carbonyl (C=O) groups excluding carboxylic acids is 1. The molecule has 0 atom stereocenters. The molecular formula is C15H20FNO. The van der Waals surface area contributed by atoms with Crippen molar-refractivity contribution in [3.05, 3.63) is 29.6 Å². The van der Waals surface area contributed by atoms with Gasteiger partial charge in [0.25, 0.3) is 0 Å². The third-order valence-electron chi connectivity index (χ3n) is 3.86. The van der Waals surface area contributed by atoms with Crippen LogP contribution in [-0.2, 0) is 0 Å². The molecule has 1 aliphatic rings. The second kappa shape index (κ2) is 5.98. The molecule has 0 bridgehead atoms. The molecule has 0 aliphatic heterocycles. The SMILES string of the molecule is Nc1c(F)cccc1C(=O)CCC1CCCCC1. The fraction of sp³-hybridized carbons (Fsp3) is 0.533. The van der Waals surface area contributed by atoms with Crippen molar-refractivity contribution in [1.29, 1.82) is 0 Å². The number of anilines is 1. The fourth-order valence-corrected chi connectivity index (χ4v) is 2.73. The van der Waals surface area contributed by atoms with Crippen LogP contribution in [0.25, 0.3) is 0 Å². The Balaban J connectivity index is 1.93. The lowest BCUT2D eigenvalue weighted by atomic mass is 9.85. The van der Waals surface area contributed by atoms with E-state index in [-0.39, 0.29) is 11.5 Å². The molecule has 0 amide bonds. The lowest BCUT2D eigenvalue weighted by Gasteiger charge is -2.21. The molecule has 1 aromatic carbocycles. The third kappa shape index (κ3) is 3.09. The van der Waals surface area contributed by atoms with Crippen LogP contribution in [0.5, 0.6) is 0 Å². The van der Waals surface area contributed by atoms with E-state index < -0.39 is 5.82 Å². The standard InChI is InChI=1S/C15H20FNO/c16-13-8-4-7-12(15(13)17)14(18)10-9-11-5-2-1-3-6-11/h4,7-8,11H,1-3,5-6,9-10,17H2. The Morgan fingerprint density at radius 1 is 1.28 bits per heavy atom. The van der Waals surface area contributed by atoms with E-state index in [2.05, 4.69) is 0 Å². The molecule has 1 fully saturated rings. The average molecular weight is 249 g/mol. The Kier molecular flexibility index (Phi) is 4.34. The molecule has 1 aliphatic carbocycles. The molecule has 2 rings (SSSR count). The summed E-state index contributed by atoms with van der Waals surface area (Å²) in [7, 11) is 0. The molecule has 2 N–H and O–H groups in total. The predicted molar refractivity (Wildman–Crippen MR) is 71.0 cm³/mol. The van der Waals surface area contributed by atoms with Crippen LogP contribution in [0, 0.1) is 11.7 Å². The molecule has 98 valence electrons. The van der Waals surface area contributed by atoms with Crippen molar-refractivity contribution in [2.45, 2.75) is 44.9 Å². The number of benzene rings is 1. The largest absolute Gasteiger partial charge is 0.396 e. The summed E-state index contributed by atoms with van der Waals surface area (Å²) in [6.45, 7) is 0. The number of hydrogen-bond acceptors (Lipinski definition) is 2. The van der Waals surface area contributed by atoms with Gasteiger partial charge in [-0.1, -0.05) is 38.2 Å². The van der Waals surface area contributed by atoms with Crippen molar-refractivity contribution in [3.8, 4) is 0 Å². The van der Waals surface area contributed by atoms with Gasteiger partial charge in [0.05, 0.1) is 5.69 Å². The van der Waals surface area contributed by atoms with Gasteiger partial charge >= 0.3 is 0 Å². The maximum atomic E-state index is 13.3. The lowest BCUT2D eigenvalue weighted by molar-refractivity contribution is 0.0970. The van der Waals surface area contributed by atoms with Crippen LogP contribution in [0.2, 0.25) is 0 Å². The van der Waals surface area contributed by atoms with Crippen molar-refractivity contribution in [1.82, 2.24) is 0 Å². The average Bonchev–Trinajstić information content (AvgIpc) is 2.40. The quantitative estimate of drug-likeness (QED) is 0.648. The summed E-state index contributed by atoms with van der Waals surface area (Å²) in [4.78, 5) is 12.0. The summed E-state index contributed by atoms with van der Waals surface area (Å²) in [5.41, 5.74) is 5.93. The van der Waals surface area contributed by atoms with E-state index in [0.717, 1.165) is 6.42 Å². The van der Waals surface area contributed by atoms with Gasteiger partial charge in [-0.15, -0.1) is 0 Å². The maximum absolute atomic E-state index is 13.3. The molecule has 0 unspecified atom stereocenters. The summed E-state index contributed by atoms with van der Waals surface area (Å²) in [6.07, 6.45) is 7.73. The summed E-state index contributed by atoms with van der Waals surface area (Å²) in [5.74, 6) is 0.133. The molecule has 0 radical (unpaired) electrons. The minimum atomic E-state index is -0.501. The molecule has 0 saturated heterocycles. The molecule has 1 saturated carbocycles. The Labute approximate surface area is 107 Å². The zero-order valence-electron chi connectivity index (χ0n) is 10.6. The van der Waals surface area contributed by atoms with Crippen LogP contribution in [0.1, 0.15) is 55.3 Å². The molecule has 2 nitrogen and oxygen atoms in total. The number of ketones is 1. The molecule has 18 heavy (non-hydrogen) atoms. The summed E-state index contributed by atoms with van der Waals surface area (Å²) < 4.78 is 13.3. The van der Waals surface area contributed by atoms with E-state index in [0.29, 0.717) is 17.9 Å². The highest BCUT2D eigenvalue weighted by Crippen LogP contribution is 2.28. The van der Waals surface area contributed by atoms with Crippen molar-refractivity contribution in [2.75, 3.05) is 5.73 Å². The highest BCUT2D eigenvalue weighted by atomic mass is 19.1. The minimum Gasteiger partial charge on any atom is -0.396 e. The highest BCUT2D eigenvalue weighted by molar-refractivity contribution is 6.00. The highest BCUT2D eigenvalue weighted by Gasteiger charge is 2.17. The zero-order valence-corrected chi connectivity index (χ0v) is 10.6. The number of rotatable bonds is 4. The molecule has 0 spiro atoms. The minimum absolute atomic E-state index is 0.00820. The maximum Gasteiger partial charge on any atom is 0.165 e. The number of hydrogen-bond donors (Lipinski definition) is 1. The van der Waals surface area contributed by atoms with E-state index in [4.69, 9.17) is 5.73 Å². The van der Waals surface area contributed by atoms with Crippen LogP contribution in [0.15, 0.2) is 18.2 Å². The Morgan fingerprint density at radius 2 is 2.00 bits per heavy atom. The molecule has 0 aromatic heterocycles. The van der Waals surface area contributed by atoms with Gasteiger partial charge in [0, 0.05) is 12.0 Å². The van der Waals surface area contributed by atoms with E-state index in [9.17, 15) is 9.18 Å². The normalized spacial score (nSPS) is 16.7. The van der Waals surface area contributed by atoms with Gasteiger partial charge in [-0.05, 0) is 24.5 Å². The van der Waals surface area contributed by atoms with Gasteiger partial charge in [-0.2, -0.15) is 0 Å². The summed E-state index contributed by atoms with van der Waals surface area (Å²) in [6, 6.07) is 4.44. The van der Waals surface area contributed by atoms with Crippen molar-refractivity contribution < 1.29 is 9.18 Å². The number of para-hydroxylation sites is 1. The molecule has 3 heteroatoms. The first-order valence-electron chi connectivity index (χ1n) is 6.75. The van der Waals surface area contributed by atoms with Crippen LogP contribution in [0.4, 0.5) is 10.1 Å². The number of halogens is 1. The monoisotopic (exact) mass is 249 g/mol. The van der Waals surface area contributed by atoms with Crippen LogP contribution in [0.3, 0.4) is 0 Å². The Morgan fingerprint density at radius 3 is 2.72 bits per heavy atom. The first-order chi connectivity index (χ1) is 8.68. The number of carbonyl (C=O) groups is 1. The Bertz CT molecular complexity index is 425. The van der Waals surface area contributed by atoms with Crippen molar-refractivity contribution in [3.63, 3.8) is 0 Å². The first kappa shape index (κ1) is 13.1. The number of Topliss-reactive ketones (excluding diaryl/α,β-unsaturated/α-hetero) is 1. The van der Waals surface area contributed by atoms with E-state index in [1.54, 1.807) is 12.1 Å². The van der Waals surface area contributed by atoms with Gasteiger partial charge in [0.15, 0.2) is 5.78 Å². The van der Waals surface area contributed by atoms with Crippen LogP contribution in [-0.4, -0.2) is 5.78 Å². The fourth-order valence-electron chi connectivity index (χ4n) is 2.73. The van der Waals surface area contributed by atoms with Crippen molar-refractivity contribution >= 4 is 11.5 Å². The second-order valence-corrected chi connectivity index (χ2v) is 5.17. The zero-order chi connectivity index (χ0) is 13.0. The lowest BCUT2D eigenvalue weighted by Crippen LogP contribution is -2.10. The number of nitrogens with two attached hydrogens (primary N) is 1. The smallest absolute Gasteiger partial charge is 0.165 e. The molecule has 1 aromatic rings. The van der Waals surface area contributed by atoms with E-state index in [1.165, 1.54) is 38.2 Å². The topological polar surface area (TPSA) is 43.1 Å². The summed E-state index contributed by atoms with van der Waals surface area (Å²) in [5, 5.41) is 0.